The van der Waals surface area contributed by atoms with E-state index in [1.807, 2.05) is 30.3 Å². The fourth-order valence-electron chi connectivity index (χ4n) is 3.07. The molecule has 8 heteroatoms. The molecule has 7 nitrogen and oxygen atoms in total. The standard InChI is InChI=1S/C22H18ClN5O2/c1-24-21(29)15-7-8-18(23)19(10-15)27-22(30)17-9-16-12-26-28(20(16)25-11-17)13-14-5-3-2-4-6-14/h2-12H,13H2,1H3,(H,24,29)(H,27,30). The number of nitrogens with one attached hydrogen (secondary N) is 2. The number of carbonyl (C=O) groups is 2. The predicted molar refractivity (Wildman–Crippen MR) is 116 cm³/mol. The fourth-order valence-corrected chi connectivity index (χ4v) is 3.23. The Balaban J connectivity index is 1.57. The van der Waals surface area contributed by atoms with Gasteiger partial charge in [-0.3, -0.25) is 9.59 Å². The molecule has 0 radical (unpaired) electrons. The molecular weight excluding hydrogens is 402 g/mol. The normalized spacial score (nSPS) is 10.7. The maximum Gasteiger partial charge on any atom is 0.257 e. The van der Waals surface area contributed by atoms with Gasteiger partial charge in [0.2, 0.25) is 0 Å². The fraction of sp³-hybridized carbons (Fsp3) is 0.0909. The highest BCUT2D eigenvalue weighted by molar-refractivity contribution is 6.34. The largest absolute Gasteiger partial charge is 0.355 e. The SMILES string of the molecule is CNC(=O)c1ccc(Cl)c(NC(=O)c2cnc3c(cnn3Cc3ccccc3)c2)c1. The molecule has 0 saturated heterocycles. The lowest BCUT2D eigenvalue weighted by Crippen LogP contribution is -2.18. The first kappa shape index (κ1) is 19.6. The molecule has 2 aromatic heterocycles. The molecule has 0 unspecified atom stereocenters. The lowest BCUT2D eigenvalue weighted by Gasteiger charge is -2.09. The van der Waals surface area contributed by atoms with Crippen molar-refractivity contribution in [2.45, 2.75) is 6.54 Å². The number of hydrogen-bond donors (Lipinski definition) is 2. The molecular formula is C22H18ClN5O2. The highest BCUT2D eigenvalue weighted by Crippen LogP contribution is 2.24. The maximum absolute atomic E-state index is 12.7. The van der Waals surface area contributed by atoms with Gasteiger partial charge in [0.15, 0.2) is 5.65 Å². The van der Waals surface area contributed by atoms with E-state index in [0.717, 1.165) is 10.9 Å². The Morgan fingerprint density at radius 1 is 1.00 bits per heavy atom. The molecule has 0 aliphatic carbocycles. The number of aromatic nitrogens is 3. The van der Waals surface area contributed by atoms with Gasteiger partial charge in [0, 0.05) is 24.2 Å². The van der Waals surface area contributed by atoms with Gasteiger partial charge < -0.3 is 10.6 Å². The molecule has 150 valence electrons. The van der Waals surface area contributed by atoms with Gasteiger partial charge in [0.05, 0.1) is 29.0 Å². The first-order chi connectivity index (χ1) is 14.5. The van der Waals surface area contributed by atoms with Crippen LogP contribution in [0.5, 0.6) is 0 Å². The lowest BCUT2D eigenvalue weighted by molar-refractivity contribution is 0.0961. The minimum absolute atomic E-state index is 0.268. The molecule has 30 heavy (non-hydrogen) atoms. The van der Waals surface area contributed by atoms with E-state index < -0.39 is 0 Å². The number of fused-ring (bicyclic) bond motifs is 1. The van der Waals surface area contributed by atoms with Crippen LogP contribution in [-0.4, -0.2) is 33.6 Å². The Morgan fingerprint density at radius 2 is 1.80 bits per heavy atom. The van der Waals surface area contributed by atoms with Crippen LogP contribution in [0.15, 0.2) is 67.0 Å². The summed E-state index contributed by atoms with van der Waals surface area (Å²) in [6.45, 7) is 0.588. The maximum atomic E-state index is 12.7. The van der Waals surface area contributed by atoms with Crippen molar-refractivity contribution in [3.05, 3.63) is 88.7 Å². The smallest absolute Gasteiger partial charge is 0.257 e. The lowest BCUT2D eigenvalue weighted by atomic mass is 10.1. The van der Waals surface area contributed by atoms with Gasteiger partial charge in [-0.05, 0) is 29.8 Å². The van der Waals surface area contributed by atoms with Crippen LogP contribution >= 0.6 is 11.6 Å². The van der Waals surface area contributed by atoms with Gasteiger partial charge in [-0.2, -0.15) is 5.10 Å². The van der Waals surface area contributed by atoms with Crippen molar-refractivity contribution in [2.75, 3.05) is 12.4 Å². The topological polar surface area (TPSA) is 88.9 Å². The van der Waals surface area contributed by atoms with Gasteiger partial charge in [-0.15, -0.1) is 0 Å². The number of halogens is 1. The Morgan fingerprint density at radius 3 is 2.57 bits per heavy atom. The van der Waals surface area contributed by atoms with Gasteiger partial charge in [0.1, 0.15) is 0 Å². The van der Waals surface area contributed by atoms with Crippen molar-refractivity contribution in [1.82, 2.24) is 20.1 Å². The van der Waals surface area contributed by atoms with Crippen molar-refractivity contribution in [1.29, 1.82) is 0 Å². The minimum atomic E-state index is -0.379. The van der Waals surface area contributed by atoms with Crippen molar-refractivity contribution < 1.29 is 9.59 Å². The molecule has 0 fully saturated rings. The van der Waals surface area contributed by atoms with Gasteiger partial charge >= 0.3 is 0 Å². The van der Waals surface area contributed by atoms with E-state index in [1.54, 1.807) is 29.1 Å². The molecule has 2 aromatic carbocycles. The number of carbonyl (C=O) groups excluding carboxylic acids is 2. The summed E-state index contributed by atoms with van der Waals surface area (Å²) in [6, 6.07) is 16.4. The van der Waals surface area contributed by atoms with Crippen LogP contribution in [0.1, 0.15) is 26.3 Å². The molecule has 0 aliphatic heterocycles. The molecule has 2 N–H and O–H groups in total. The van der Waals surface area contributed by atoms with Crippen LogP contribution in [0, 0.1) is 0 Å². The average molecular weight is 420 g/mol. The summed E-state index contributed by atoms with van der Waals surface area (Å²) in [5.74, 6) is -0.646. The van der Waals surface area contributed by atoms with Crippen LogP contribution < -0.4 is 10.6 Å². The molecule has 0 atom stereocenters. The van der Waals surface area contributed by atoms with E-state index in [4.69, 9.17) is 11.6 Å². The summed E-state index contributed by atoms with van der Waals surface area (Å²) >= 11 is 6.18. The van der Waals surface area contributed by atoms with E-state index in [-0.39, 0.29) is 11.8 Å². The van der Waals surface area contributed by atoms with Gasteiger partial charge in [-0.25, -0.2) is 9.67 Å². The minimum Gasteiger partial charge on any atom is -0.355 e. The Kier molecular flexibility index (Phi) is 5.45. The number of amides is 2. The zero-order chi connectivity index (χ0) is 21.1. The summed E-state index contributed by atoms with van der Waals surface area (Å²) in [7, 11) is 1.54. The summed E-state index contributed by atoms with van der Waals surface area (Å²) in [5, 5.41) is 10.8. The third-order valence-electron chi connectivity index (χ3n) is 4.62. The molecule has 0 spiro atoms. The summed E-state index contributed by atoms with van der Waals surface area (Å²) < 4.78 is 1.79. The number of nitrogens with zero attached hydrogens (tertiary/aromatic N) is 3. The zero-order valence-corrected chi connectivity index (χ0v) is 16.8. The van der Waals surface area contributed by atoms with Crippen LogP contribution in [-0.2, 0) is 6.54 Å². The van der Waals surface area contributed by atoms with E-state index in [0.29, 0.717) is 34.0 Å². The highest BCUT2D eigenvalue weighted by Gasteiger charge is 2.14. The number of hydrogen-bond acceptors (Lipinski definition) is 4. The quantitative estimate of drug-likeness (QED) is 0.515. The number of pyridine rings is 1. The molecule has 2 heterocycles. The number of benzene rings is 2. The van der Waals surface area contributed by atoms with Crippen LogP contribution in [0.4, 0.5) is 5.69 Å². The second-order valence-electron chi connectivity index (χ2n) is 6.65. The van der Waals surface area contributed by atoms with Crippen LogP contribution in [0.2, 0.25) is 5.02 Å². The van der Waals surface area contributed by atoms with Gasteiger partial charge in [-0.1, -0.05) is 41.9 Å². The van der Waals surface area contributed by atoms with Gasteiger partial charge in [0.25, 0.3) is 11.8 Å². The second-order valence-corrected chi connectivity index (χ2v) is 7.06. The highest BCUT2D eigenvalue weighted by atomic mass is 35.5. The molecule has 0 aliphatic rings. The first-order valence-corrected chi connectivity index (χ1v) is 9.61. The van der Waals surface area contributed by atoms with Crippen molar-refractivity contribution in [2.24, 2.45) is 0 Å². The Hall–Kier alpha value is -3.71. The van der Waals surface area contributed by atoms with E-state index >= 15 is 0 Å². The summed E-state index contributed by atoms with van der Waals surface area (Å²) in [5.41, 5.74) is 2.91. The molecule has 0 saturated carbocycles. The number of anilines is 1. The predicted octanol–water partition coefficient (Wildman–Crippen LogP) is 3.74. The van der Waals surface area contributed by atoms with E-state index in [2.05, 4.69) is 20.7 Å². The molecule has 0 bridgehead atoms. The second kappa shape index (κ2) is 8.34. The van der Waals surface area contributed by atoms with E-state index in [9.17, 15) is 9.59 Å². The third kappa shape index (κ3) is 4.01. The van der Waals surface area contributed by atoms with Crippen LogP contribution in [0.25, 0.3) is 11.0 Å². The zero-order valence-electron chi connectivity index (χ0n) is 16.1. The third-order valence-corrected chi connectivity index (χ3v) is 4.95. The van der Waals surface area contributed by atoms with E-state index in [1.165, 1.54) is 19.3 Å². The molecule has 4 rings (SSSR count). The van der Waals surface area contributed by atoms with Crippen LogP contribution in [0.3, 0.4) is 0 Å². The average Bonchev–Trinajstić information content (AvgIpc) is 3.17. The Bertz CT molecular complexity index is 1240. The molecule has 2 amide bonds. The monoisotopic (exact) mass is 419 g/mol. The Labute approximate surface area is 177 Å². The van der Waals surface area contributed by atoms with Crippen molar-refractivity contribution in [3.63, 3.8) is 0 Å². The first-order valence-electron chi connectivity index (χ1n) is 9.23. The summed E-state index contributed by atoms with van der Waals surface area (Å²) in [6.07, 6.45) is 3.18. The molecule has 4 aromatic rings. The number of rotatable bonds is 5. The van der Waals surface area contributed by atoms with Crippen molar-refractivity contribution in [3.8, 4) is 0 Å². The summed E-state index contributed by atoms with van der Waals surface area (Å²) in [4.78, 5) is 29.0. The van der Waals surface area contributed by atoms with Crippen molar-refractivity contribution >= 4 is 40.1 Å².